The van der Waals surface area contributed by atoms with Crippen molar-refractivity contribution in [3.8, 4) is 0 Å². The molecule has 1 atom stereocenters. The van der Waals surface area contributed by atoms with Crippen molar-refractivity contribution >= 4 is 50.7 Å². The van der Waals surface area contributed by atoms with Crippen LogP contribution in [0.4, 0.5) is 10.1 Å². The number of nitrogens with one attached hydrogen (secondary N) is 1. The summed E-state index contributed by atoms with van der Waals surface area (Å²) in [6, 6.07) is 14.8. The molecule has 0 radical (unpaired) electrons. The fraction of sp³-hybridized carbons (Fsp3) is 0.310. The average molecular weight is 609 g/mol. The molecule has 0 saturated carbocycles. The Morgan fingerprint density at radius 1 is 0.950 bits per heavy atom. The van der Waals surface area contributed by atoms with Crippen LogP contribution in [-0.2, 0) is 26.2 Å². The summed E-state index contributed by atoms with van der Waals surface area (Å²) >= 11 is 12.2. The van der Waals surface area contributed by atoms with E-state index in [9.17, 15) is 22.4 Å². The quantitative estimate of drug-likeness (QED) is 0.325. The topological polar surface area (TPSA) is 86.8 Å². The molecule has 0 unspecified atom stereocenters. The number of sulfonamides is 1. The van der Waals surface area contributed by atoms with Crippen molar-refractivity contribution in [3.63, 3.8) is 0 Å². The normalized spacial score (nSPS) is 12.5. The molecule has 7 nitrogen and oxygen atoms in total. The Labute approximate surface area is 244 Å². The molecule has 1 N–H and O–H groups in total. The van der Waals surface area contributed by atoms with Gasteiger partial charge in [-0.25, -0.2) is 12.8 Å². The number of rotatable bonds is 9. The predicted octanol–water partition coefficient (Wildman–Crippen LogP) is 5.97. The van der Waals surface area contributed by atoms with Gasteiger partial charge < -0.3 is 10.2 Å². The Bertz CT molecular complexity index is 1470. The van der Waals surface area contributed by atoms with Crippen molar-refractivity contribution in [3.05, 3.63) is 93.7 Å². The van der Waals surface area contributed by atoms with Gasteiger partial charge in [0.15, 0.2) is 0 Å². The zero-order valence-corrected chi connectivity index (χ0v) is 25.2. The van der Waals surface area contributed by atoms with Crippen LogP contribution in [0, 0.1) is 12.7 Å². The monoisotopic (exact) mass is 607 g/mol. The molecule has 0 aromatic heterocycles. The van der Waals surface area contributed by atoms with Gasteiger partial charge in [-0.15, -0.1) is 0 Å². The number of carbonyl (C=O) groups is 2. The van der Waals surface area contributed by atoms with Gasteiger partial charge in [0.25, 0.3) is 10.0 Å². The summed E-state index contributed by atoms with van der Waals surface area (Å²) in [5.74, 6) is -1.63. The van der Waals surface area contributed by atoms with Gasteiger partial charge in [0.1, 0.15) is 18.4 Å². The van der Waals surface area contributed by atoms with E-state index in [0.29, 0.717) is 10.6 Å². The van der Waals surface area contributed by atoms with Gasteiger partial charge in [0.05, 0.1) is 20.6 Å². The highest BCUT2D eigenvalue weighted by molar-refractivity contribution is 7.92. The molecule has 0 bridgehead atoms. The molecule has 3 aromatic carbocycles. The molecule has 11 heteroatoms. The van der Waals surface area contributed by atoms with Crippen LogP contribution in [0.2, 0.25) is 10.0 Å². The minimum atomic E-state index is -4.25. The van der Waals surface area contributed by atoms with Crippen LogP contribution in [0.25, 0.3) is 0 Å². The van der Waals surface area contributed by atoms with E-state index in [1.165, 1.54) is 29.2 Å². The van der Waals surface area contributed by atoms with E-state index in [1.54, 1.807) is 37.3 Å². The highest BCUT2D eigenvalue weighted by Gasteiger charge is 2.33. The molecule has 2 amide bonds. The van der Waals surface area contributed by atoms with Gasteiger partial charge in [0.2, 0.25) is 11.8 Å². The second kappa shape index (κ2) is 12.6. The maximum absolute atomic E-state index is 13.9. The third-order valence-electron chi connectivity index (χ3n) is 6.00. The van der Waals surface area contributed by atoms with Gasteiger partial charge in [-0.2, -0.15) is 0 Å². The minimum absolute atomic E-state index is 0.0372. The third kappa shape index (κ3) is 7.96. The lowest BCUT2D eigenvalue weighted by Gasteiger charge is -2.33. The predicted molar refractivity (Wildman–Crippen MR) is 156 cm³/mol. The zero-order chi connectivity index (χ0) is 29.8. The zero-order valence-electron chi connectivity index (χ0n) is 22.9. The van der Waals surface area contributed by atoms with Crippen LogP contribution in [0.1, 0.15) is 38.8 Å². The van der Waals surface area contributed by atoms with Crippen molar-refractivity contribution in [2.75, 3.05) is 10.8 Å². The largest absolute Gasteiger partial charge is 0.350 e. The summed E-state index contributed by atoms with van der Waals surface area (Å²) in [6.07, 6.45) is 0. The van der Waals surface area contributed by atoms with E-state index in [4.69, 9.17) is 23.2 Å². The summed E-state index contributed by atoms with van der Waals surface area (Å²) in [6.45, 7) is 8.13. The van der Waals surface area contributed by atoms with Gasteiger partial charge >= 0.3 is 0 Å². The summed E-state index contributed by atoms with van der Waals surface area (Å²) < 4.78 is 42.2. The molecule has 40 heavy (non-hydrogen) atoms. The number of benzene rings is 3. The number of hydrogen-bond donors (Lipinski definition) is 1. The minimum Gasteiger partial charge on any atom is -0.350 e. The molecule has 3 rings (SSSR count). The molecule has 0 heterocycles. The van der Waals surface area contributed by atoms with Gasteiger partial charge in [-0.1, -0.05) is 47.0 Å². The Hall–Kier alpha value is -3.14. The number of nitrogens with zero attached hydrogens (tertiary/aromatic N) is 2. The van der Waals surface area contributed by atoms with E-state index in [1.807, 2.05) is 27.7 Å². The number of anilines is 1. The highest BCUT2D eigenvalue weighted by atomic mass is 35.5. The van der Waals surface area contributed by atoms with E-state index in [0.717, 1.165) is 22.0 Å². The second-order valence-corrected chi connectivity index (χ2v) is 13.2. The van der Waals surface area contributed by atoms with Crippen LogP contribution < -0.4 is 9.62 Å². The van der Waals surface area contributed by atoms with Gasteiger partial charge in [-0.05, 0) is 88.7 Å². The molecular formula is C29H32Cl2FN3O4S. The Kier molecular flexibility index (Phi) is 9.87. The molecule has 214 valence electrons. The number of halogens is 3. The number of amides is 2. The Balaban J connectivity index is 2.04. The fourth-order valence-electron chi connectivity index (χ4n) is 3.86. The standard InChI is InChI=1S/C29H32Cl2FN3O4S/c1-19-6-13-24(14-7-19)40(38,39)35(23-11-9-22(32)10-12-23)18-27(36)34(20(2)28(37)33-29(3,4)5)17-21-8-15-25(30)26(31)16-21/h6-16,20H,17-18H2,1-5H3,(H,33,37)/t20-/m1/s1. The summed E-state index contributed by atoms with van der Waals surface area (Å²) in [5.41, 5.74) is 0.970. The molecule has 0 fully saturated rings. The number of aryl methyl sites for hydroxylation is 1. The van der Waals surface area contributed by atoms with Crippen LogP contribution in [0.3, 0.4) is 0 Å². The van der Waals surface area contributed by atoms with Crippen molar-refractivity contribution in [2.24, 2.45) is 0 Å². The lowest BCUT2D eigenvalue weighted by atomic mass is 10.1. The lowest BCUT2D eigenvalue weighted by Crippen LogP contribution is -2.54. The van der Waals surface area contributed by atoms with Crippen molar-refractivity contribution in [1.82, 2.24) is 10.2 Å². The summed E-state index contributed by atoms with van der Waals surface area (Å²) in [7, 11) is -4.25. The maximum atomic E-state index is 13.9. The van der Waals surface area contributed by atoms with Crippen molar-refractivity contribution in [1.29, 1.82) is 0 Å². The van der Waals surface area contributed by atoms with Crippen LogP contribution in [-0.4, -0.2) is 43.3 Å². The van der Waals surface area contributed by atoms with Gasteiger partial charge in [0, 0.05) is 12.1 Å². The van der Waals surface area contributed by atoms with E-state index >= 15 is 0 Å². The molecule has 0 saturated heterocycles. The lowest BCUT2D eigenvalue weighted by molar-refractivity contribution is -0.140. The molecule has 0 aliphatic carbocycles. The molecule has 3 aromatic rings. The first kappa shape index (κ1) is 31.4. The smallest absolute Gasteiger partial charge is 0.264 e. The van der Waals surface area contributed by atoms with Crippen LogP contribution in [0.5, 0.6) is 0 Å². The van der Waals surface area contributed by atoms with Gasteiger partial charge in [-0.3, -0.25) is 13.9 Å². The Morgan fingerprint density at radius 3 is 2.10 bits per heavy atom. The number of carbonyl (C=O) groups excluding carboxylic acids is 2. The first-order chi connectivity index (χ1) is 18.6. The molecular weight excluding hydrogens is 576 g/mol. The first-order valence-electron chi connectivity index (χ1n) is 12.5. The Morgan fingerprint density at radius 2 is 1.55 bits per heavy atom. The highest BCUT2D eigenvalue weighted by Crippen LogP contribution is 2.27. The van der Waals surface area contributed by atoms with E-state index < -0.39 is 45.8 Å². The molecule has 0 aliphatic heterocycles. The maximum Gasteiger partial charge on any atom is 0.264 e. The number of hydrogen-bond acceptors (Lipinski definition) is 4. The molecule has 0 aliphatic rings. The summed E-state index contributed by atoms with van der Waals surface area (Å²) in [5, 5.41) is 3.46. The first-order valence-corrected chi connectivity index (χ1v) is 14.7. The van der Waals surface area contributed by atoms with Crippen molar-refractivity contribution < 1.29 is 22.4 Å². The van der Waals surface area contributed by atoms with Crippen molar-refractivity contribution in [2.45, 2.75) is 57.6 Å². The van der Waals surface area contributed by atoms with Crippen LogP contribution in [0.15, 0.2) is 71.6 Å². The molecule has 0 spiro atoms. The summed E-state index contributed by atoms with van der Waals surface area (Å²) in [4.78, 5) is 28.3. The third-order valence-corrected chi connectivity index (χ3v) is 8.53. The SMILES string of the molecule is Cc1ccc(S(=O)(=O)N(CC(=O)N(Cc2ccc(Cl)c(Cl)c2)[C@H](C)C(=O)NC(C)(C)C)c2ccc(F)cc2)cc1. The van der Waals surface area contributed by atoms with Crippen LogP contribution >= 0.6 is 23.2 Å². The average Bonchev–Trinajstić information content (AvgIpc) is 2.87. The van der Waals surface area contributed by atoms with E-state index in [-0.39, 0.29) is 22.2 Å². The fourth-order valence-corrected chi connectivity index (χ4v) is 5.60. The van der Waals surface area contributed by atoms with E-state index in [2.05, 4.69) is 5.32 Å². The second-order valence-electron chi connectivity index (χ2n) is 10.5.